The molecule has 2 rings (SSSR count). The molecule has 0 aliphatic rings. The highest BCUT2D eigenvalue weighted by Gasteiger charge is 2.05. The van der Waals surface area contributed by atoms with Gasteiger partial charge in [0.15, 0.2) is 11.5 Å². The van der Waals surface area contributed by atoms with Gasteiger partial charge in [-0.3, -0.25) is 0 Å². The average Bonchev–Trinajstić information content (AvgIpc) is 2.28. The Morgan fingerprint density at radius 2 is 1.62 bits per heavy atom. The minimum absolute atomic E-state index is 0.0249. The topological polar surface area (TPSA) is 40.5 Å². The molecule has 2 N–H and O–H groups in total. The standard InChI is InChI=1S/C14H14O2/c1-10-5-7-11(8-6-10)9-12-3-2-4-13(15)14(12)16/h2-8,15-16H,9H2,1H3. The van der Waals surface area contributed by atoms with E-state index in [0.717, 1.165) is 11.1 Å². The number of hydrogen-bond donors (Lipinski definition) is 2. The van der Waals surface area contributed by atoms with E-state index < -0.39 is 0 Å². The van der Waals surface area contributed by atoms with Gasteiger partial charge >= 0.3 is 0 Å². The molecule has 0 unspecified atom stereocenters. The molecule has 0 bridgehead atoms. The van der Waals surface area contributed by atoms with Crippen molar-refractivity contribution in [1.29, 1.82) is 0 Å². The molecule has 0 atom stereocenters. The van der Waals surface area contributed by atoms with Crippen LogP contribution in [0.4, 0.5) is 0 Å². The summed E-state index contributed by atoms with van der Waals surface area (Å²) >= 11 is 0. The second-order valence-corrected chi connectivity index (χ2v) is 3.95. The predicted octanol–water partition coefficient (Wildman–Crippen LogP) is 3.00. The van der Waals surface area contributed by atoms with E-state index in [9.17, 15) is 10.2 Å². The van der Waals surface area contributed by atoms with Gasteiger partial charge in [0, 0.05) is 12.0 Å². The van der Waals surface area contributed by atoms with Crippen molar-refractivity contribution in [2.75, 3.05) is 0 Å². The summed E-state index contributed by atoms with van der Waals surface area (Å²) in [5.74, 6) is -0.0901. The molecule has 2 aromatic rings. The van der Waals surface area contributed by atoms with Crippen LogP contribution in [-0.4, -0.2) is 10.2 Å². The SMILES string of the molecule is Cc1ccc(Cc2cccc(O)c2O)cc1. The normalized spacial score (nSPS) is 10.3. The molecular weight excluding hydrogens is 200 g/mol. The highest BCUT2D eigenvalue weighted by molar-refractivity contribution is 5.46. The summed E-state index contributed by atoms with van der Waals surface area (Å²) in [4.78, 5) is 0. The molecule has 2 heteroatoms. The van der Waals surface area contributed by atoms with Crippen molar-refractivity contribution in [2.24, 2.45) is 0 Å². The Bertz CT molecular complexity index is 487. The second-order valence-electron chi connectivity index (χ2n) is 3.95. The number of rotatable bonds is 2. The molecule has 0 saturated heterocycles. The lowest BCUT2D eigenvalue weighted by atomic mass is 10.0. The molecule has 0 saturated carbocycles. The Morgan fingerprint density at radius 3 is 2.31 bits per heavy atom. The first-order valence-electron chi connectivity index (χ1n) is 5.22. The fourth-order valence-corrected chi connectivity index (χ4v) is 1.65. The van der Waals surface area contributed by atoms with Crippen LogP contribution in [0.25, 0.3) is 0 Å². The lowest BCUT2D eigenvalue weighted by Crippen LogP contribution is -1.89. The van der Waals surface area contributed by atoms with Crippen molar-refractivity contribution in [3.05, 3.63) is 59.2 Å². The summed E-state index contributed by atoms with van der Waals surface area (Å²) < 4.78 is 0. The Labute approximate surface area is 94.8 Å². The Balaban J connectivity index is 2.27. The van der Waals surface area contributed by atoms with Crippen LogP contribution in [0.5, 0.6) is 11.5 Å². The fourth-order valence-electron chi connectivity index (χ4n) is 1.65. The molecule has 0 amide bonds. The van der Waals surface area contributed by atoms with E-state index in [1.54, 1.807) is 6.07 Å². The van der Waals surface area contributed by atoms with Gasteiger partial charge in [-0.1, -0.05) is 42.0 Å². The quantitative estimate of drug-likeness (QED) is 0.754. The van der Waals surface area contributed by atoms with E-state index in [2.05, 4.69) is 0 Å². The smallest absolute Gasteiger partial charge is 0.161 e. The molecule has 2 nitrogen and oxygen atoms in total. The maximum absolute atomic E-state index is 9.66. The lowest BCUT2D eigenvalue weighted by Gasteiger charge is -2.06. The maximum Gasteiger partial charge on any atom is 0.161 e. The third kappa shape index (κ3) is 2.16. The molecule has 0 radical (unpaired) electrons. The third-order valence-corrected chi connectivity index (χ3v) is 2.61. The molecular formula is C14H14O2. The molecule has 2 aromatic carbocycles. The lowest BCUT2D eigenvalue weighted by molar-refractivity contribution is 0.400. The highest BCUT2D eigenvalue weighted by Crippen LogP contribution is 2.29. The number of aromatic hydroxyl groups is 2. The Kier molecular flexibility index (Phi) is 2.82. The molecule has 16 heavy (non-hydrogen) atoms. The van der Waals surface area contributed by atoms with E-state index in [-0.39, 0.29) is 11.5 Å². The van der Waals surface area contributed by atoms with Gasteiger partial charge in [-0.2, -0.15) is 0 Å². The van der Waals surface area contributed by atoms with Crippen LogP contribution in [0, 0.1) is 6.92 Å². The van der Waals surface area contributed by atoms with Crippen molar-refractivity contribution < 1.29 is 10.2 Å². The van der Waals surface area contributed by atoms with Crippen molar-refractivity contribution in [3.63, 3.8) is 0 Å². The first kappa shape index (κ1) is 10.6. The van der Waals surface area contributed by atoms with Crippen LogP contribution in [0.15, 0.2) is 42.5 Å². The van der Waals surface area contributed by atoms with Crippen LogP contribution in [-0.2, 0) is 6.42 Å². The molecule has 0 fully saturated rings. The van der Waals surface area contributed by atoms with E-state index in [0.29, 0.717) is 6.42 Å². The number of benzene rings is 2. The number of phenolic OH excluding ortho intramolecular Hbond substituents is 2. The number of hydrogen-bond acceptors (Lipinski definition) is 2. The fraction of sp³-hybridized carbons (Fsp3) is 0.143. The molecule has 0 aliphatic heterocycles. The summed E-state index contributed by atoms with van der Waals surface area (Å²) in [6, 6.07) is 13.2. The van der Waals surface area contributed by atoms with Crippen molar-refractivity contribution in [1.82, 2.24) is 0 Å². The maximum atomic E-state index is 9.66. The summed E-state index contributed by atoms with van der Waals surface area (Å²) in [5, 5.41) is 19.0. The van der Waals surface area contributed by atoms with Crippen LogP contribution in [0.2, 0.25) is 0 Å². The number of phenols is 2. The van der Waals surface area contributed by atoms with Gasteiger partial charge in [-0.15, -0.1) is 0 Å². The van der Waals surface area contributed by atoms with Gasteiger partial charge in [-0.25, -0.2) is 0 Å². The molecule has 82 valence electrons. The first-order valence-corrected chi connectivity index (χ1v) is 5.22. The summed E-state index contributed by atoms with van der Waals surface area (Å²) in [7, 11) is 0. The molecule has 0 spiro atoms. The van der Waals surface area contributed by atoms with E-state index in [1.807, 2.05) is 37.3 Å². The second kappa shape index (κ2) is 4.27. The van der Waals surface area contributed by atoms with Crippen LogP contribution >= 0.6 is 0 Å². The van der Waals surface area contributed by atoms with Gasteiger partial charge in [0.2, 0.25) is 0 Å². The van der Waals surface area contributed by atoms with Gasteiger partial charge < -0.3 is 10.2 Å². The molecule has 0 aromatic heterocycles. The zero-order valence-electron chi connectivity index (χ0n) is 9.14. The minimum Gasteiger partial charge on any atom is -0.504 e. The molecule has 0 aliphatic carbocycles. The Hall–Kier alpha value is -1.96. The van der Waals surface area contributed by atoms with Gasteiger partial charge in [0.1, 0.15) is 0 Å². The summed E-state index contributed by atoms with van der Waals surface area (Å²) in [5.41, 5.74) is 3.07. The number of para-hydroxylation sites is 1. The van der Waals surface area contributed by atoms with Crippen molar-refractivity contribution >= 4 is 0 Å². The minimum atomic E-state index is -0.0652. The monoisotopic (exact) mass is 214 g/mol. The van der Waals surface area contributed by atoms with Crippen LogP contribution in [0.3, 0.4) is 0 Å². The van der Waals surface area contributed by atoms with Crippen LogP contribution < -0.4 is 0 Å². The van der Waals surface area contributed by atoms with Crippen molar-refractivity contribution in [3.8, 4) is 11.5 Å². The summed E-state index contributed by atoms with van der Waals surface area (Å²) in [6.45, 7) is 2.04. The Morgan fingerprint density at radius 1 is 0.938 bits per heavy atom. The number of aryl methyl sites for hydroxylation is 1. The van der Waals surface area contributed by atoms with Gasteiger partial charge in [-0.05, 0) is 18.6 Å². The largest absolute Gasteiger partial charge is 0.504 e. The van der Waals surface area contributed by atoms with E-state index in [4.69, 9.17) is 0 Å². The third-order valence-electron chi connectivity index (χ3n) is 2.61. The van der Waals surface area contributed by atoms with E-state index >= 15 is 0 Å². The van der Waals surface area contributed by atoms with Gasteiger partial charge in [0.05, 0.1) is 0 Å². The van der Waals surface area contributed by atoms with Gasteiger partial charge in [0.25, 0.3) is 0 Å². The van der Waals surface area contributed by atoms with E-state index in [1.165, 1.54) is 11.6 Å². The summed E-state index contributed by atoms with van der Waals surface area (Å²) in [6.07, 6.45) is 0.626. The average molecular weight is 214 g/mol. The van der Waals surface area contributed by atoms with Crippen molar-refractivity contribution in [2.45, 2.75) is 13.3 Å². The first-order chi connectivity index (χ1) is 7.66. The van der Waals surface area contributed by atoms with Crippen LogP contribution in [0.1, 0.15) is 16.7 Å². The highest BCUT2D eigenvalue weighted by atomic mass is 16.3. The predicted molar refractivity (Wildman–Crippen MR) is 63.8 cm³/mol. The zero-order chi connectivity index (χ0) is 11.5. The zero-order valence-corrected chi connectivity index (χ0v) is 9.14. The molecule has 0 heterocycles.